The summed E-state index contributed by atoms with van der Waals surface area (Å²) < 4.78 is 5.61. The minimum absolute atomic E-state index is 0.0854. The number of hydrogen-bond donors (Lipinski definition) is 1. The monoisotopic (exact) mass is 226 g/mol. The zero-order valence-electron chi connectivity index (χ0n) is 10.2. The molecule has 2 fully saturated rings. The van der Waals surface area contributed by atoms with E-state index >= 15 is 0 Å². The van der Waals surface area contributed by atoms with Crippen molar-refractivity contribution < 1.29 is 9.53 Å². The average Bonchev–Trinajstić information content (AvgIpc) is 2.82. The van der Waals surface area contributed by atoms with Crippen LogP contribution in [0, 0.1) is 11.8 Å². The van der Waals surface area contributed by atoms with Gasteiger partial charge in [0.1, 0.15) is 6.10 Å². The van der Waals surface area contributed by atoms with Gasteiger partial charge in [-0.05, 0) is 31.1 Å². The maximum Gasteiger partial charge on any atom is 0.251 e. The summed E-state index contributed by atoms with van der Waals surface area (Å²) >= 11 is 0. The maximum absolute atomic E-state index is 12.0. The molecular weight excluding hydrogens is 204 g/mol. The molecule has 0 aromatic rings. The lowest BCUT2D eigenvalue weighted by Crippen LogP contribution is -2.38. The third-order valence-electron chi connectivity index (χ3n) is 3.81. The van der Waals surface area contributed by atoms with Crippen molar-refractivity contribution in [2.45, 2.75) is 38.4 Å². The first-order valence-electron chi connectivity index (χ1n) is 6.22. The van der Waals surface area contributed by atoms with Crippen LogP contribution in [0.25, 0.3) is 0 Å². The highest BCUT2D eigenvalue weighted by Gasteiger charge is 2.37. The van der Waals surface area contributed by atoms with Crippen molar-refractivity contribution in [2.24, 2.45) is 17.6 Å². The number of nitrogens with two attached hydrogens (primary N) is 1. The van der Waals surface area contributed by atoms with Crippen LogP contribution in [-0.2, 0) is 9.53 Å². The molecule has 4 atom stereocenters. The van der Waals surface area contributed by atoms with Crippen molar-refractivity contribution in [2.75, 3.05) is 20.1 Å². The number of nitrogens with zero attached hydrogens (tertiary/aromatic N) is 1. The third kappa shape index (κ3) is 2.55. The molecule has 1 heterocycles. The number of amides is 1. The van der Waals surface area contributed by atoms with Gasteiger partial charge in [0.05, 0.1) is 6.10 Å². The molecule has 16 heavy (non-hydrogen) atoms. The van der Waals surface area contributed by atoms with Gasteiger partial charge < -0.3 is 15.4 Å². The molecule has 2 aliphatic rings. The lowest BCUT2D eigenvalue weighted by atomic mass is 10.2. The fourth-order valence-corrected chi connectivity index (χ4v) is 2.40. The Morgan fingerprint density at radius 1 is 1.50 bits per heavy atom. The summed E-state index contributed by atoms with van der Waals surface area (Å²) in [6.07, 6.45) is 2.84. The molecule has 1 saturated heterocycles. The van der Waals surface area contributed by atoms with Crippen molar-refractivity contribution in [3.63, 3.8) is 0 Å². The van der Waals surface area contributed by atoms with Crippen LogP contribution in [0.3, 0.4) is 0 Å². The summed E-state index contributed by atoms with van der Waals surface area (Å²) in [6, 6.07) is 0. The van der Waals surface area contributed by atoms with Gasteiger partial charge in [0.25, 0.3) is 5.91 Å². The molecule has 1 amide bonds. The Morgan fingerprint density at radius 2 is 2.19 bits per heavy atom. The number of likely N-dealkylation sites (N-methyl/N-ethyl adjacent to an activating group) is 1. The molecule has 2 rings (SSSR count). The molecule has 0 bridgehead atoms. The number of carbonyl (C=O) groups excluding carboxylic acids is 1. The molecule has 0 spiro atoms. The number of ether oxygens (including phenoxy) is 1. The maximum atomic E-state index is 12.0. The lowest BCUT2D eigenvalue weighted by molar-refractivity contribution is -0.141. The molecule has 0 radical (unpaired) electrons. The number of carbonyl (C=O) groups is 1. The van der Waals surface area contributed by atoms with E-state index in [1.165, 1.54) is 6.42 Å². The van der Waals surface area contributed by atoms with Crippen LogP contribution in [0.15, 0.2) is 0 Å². The first-order chi connectivity index (χ1) is 7.61. The van der Waals surface area contributed by atoms with Crippen LogP contribution >= 0.6 is 0 Å². The highest BCUT2D eigenvalue weighted by Crippen LogP contribution is 2.38. The van der Waals surface area contributed by atoms with Crippen LogP contribution in [-0.4, -0.2) is 43.2 Å². The van der Waals surface area contributed by atoms with Crippen molar-refractivity contribution in [3.8, 4) is 0 Å². The van der Waals surface area contributed by atoms with E-state index in [0.717, 1.165) is 25.3 Å². The van der Waals surface area contributed by atoms with Gasteiger partial charge in [0.15, 0.2) is 0 Å². The Kier molecular flexibility index (Phi) is 3.50. The van der Waals surface area contributed by atoms with Crippen LogP contribution in [0.5, 0.6) is 0 Å². The van der Waals surface area contributed by atoms with E-state index in [1.807, 2.05) is 11.9 Å². The highest BCUT2D eigenvalue weighted by atomic mass is 16.5. The van der Waals surface area contributed by atoms with Crippen LogP contribution in [0.4, 0.5) is 0 Å². The Hall–Kier alpha value is -0.610. The van der Waals surface area contributed by atoms with Crippen LogP contribution < -0.4 is 5.73 Å². The summed E-state index contributed by atoms with van der Waals surface area (Å²) in [5.74, 6) is 1.63. The topological polar surface area (TPSA) is 55.6 Å². The minimum atomic E-state index is -0.243. The Balaban J connectivity index is 1.78. The van der Waals surface area contributed by atoms with Gasteiger partial charge in [-0.2, -0.15) is 0 Å². The molecule has 0 aromatic heterocycles. The fourth-order valence-electron chi connectivity index (χ4n) is 2.40. The van der Waals surface area contributed by atoms with Crippen LogP contribution in [0.1, 0.15) is 26.2 Å². The molecule has 0 aromatic carbocycles. The third-order valence-corrected chi connectivity index (χ3v) is 3.81. The first-order valence-corrected chi connectivity index (χ1v) is 6.22. The van der Waals surface area contributed by atoms with E-state index in [4.69, 9.17) is 10.5 Å². The van der Waals surface area contributed by atoms with E-state index in [9.17, 15) is 4.79 Å². The van der Waals surface area contributed by atoms with Crippen molar-refractivity contribution in [1.82, 2.24) is 4.90 Å². The zero-order valence-corrected chi connectivity index (χ0v) is 10.2. The summed E-state index contributed by atoms with van der Waals surface area (Å²) in [6.45, 7) is 3.64. The standard InChI is InChI=1S/C12H22N2O2/c1-8-5-9(8)7-14(2)12(15)11-4-3-10(6-13)16-11/h8-11H,3-7,13H2,1-2H3. The molecule has 92 valence electrons. The summed E-state index contributed by atoms with van der Waals surface area (Å²) in [5.41, 5.74) is 5.53. The summed E-state index contributed by atoms with van der Waals surface area (Å²) in [5, 5.41) is 0. The van der Waals surface area contributed by atoms with Crippen molar-refractivity contribution in [3.05, 3.63) is 0 Å². The molecule has 1 aliphatic carbocycles. The quantitative estimate of drug-likeness (QED) is 0.764. The lowest BCUT2D eigenvalue weighted by Gasteiger charge is -2.21. The Labute approximate surface area is 97.1 Å². The first kappa shape index (κ1) is 11.9. The Morgan fingerprint density at radius 3 is 2.69 bits per heavy atom. The molecule has 4 heteroatoms. The summed E-state index contributed by atoms with van der Waals surface area (Å²) in [7, 11) is 1.88. The predicted octanol–water partition coefficient (Wildman–Crippen LogP) is 0.607. The van der Waals surface area contributed by atoms with Gasteiger partial charge in [-0.3, -0.25) is 4.79 Å². The van der Waals surface area contributed by atoms with E-state index < -0.39 is 0 Å². The van der Waals surface area contributed by atoms with E-state index in [1.54, 1.807) is 0 Å². The fraction of sp³-hybridized carbons (Fsp3) is 0.917. The van der Waals surface area contributed by atoms with Gasteiger partial charge >= 0.3 is 0 Å². The second kappa shape index (κ2) is 4.72. The highest BCUT2D eigenvalue weighted by molar-refractivity contribution is 5.81. The van der Waals surface area contributed by atoms with E-state index in [-0.39, 0.29) is 18.1 Å². The molecule has 4 nitrogen and oxygen atoms in total. The normalized spacial score (nSPS) is 37.4. The Bertz CT molecular complexity index is 270. The van der Waals surface area contributed by atoms with Gasteiger partial charge in [0.2, 0.25) is 0 Å². The second-order valence-electron chi connectivity index (χ2n) is 5.25. The van der Waals surface area contributed by atoms with Crippen LogP contribution in [0.2, 0.25) is 0 Å². The smallest absolute Gasteiger partial charge is 0.251 e. The van der Waals surface area contributed by atoms with Gasteiger partial charge in [0, 0.05) is 20.1 Å². The average molecular weight is 226 g/mol. The van der Waals surface area contributed by atoms with Gasteiger partial charge in [-0.25, -0.2) is 0 Å². The number of hydrogen-bond acceptors (Lipinski definition) is 3. The molecule has 2 N–H and O–H groups in total. The van der Waals surface area contributed by atoms with Gasteiger partial charge in [-0.15, -0.1) is 0 Å². The zero-order chi connectivity index (χ0) is 11.7. The second-order valence-corrected chi connectivity index (χ2v) is 5.25. The minimum Gasteiger partial charge on any atom is -0.364 e. The van der Waals surface area contributed by atoms with Crippen molar-refractivity contribution >= 4 is 5.91 Å². The number of rotatable bonds is 4. The van der Waals surface area contributed by atoms with Gasteiger partial charge in [-0.1, -0.05) is 6.92 Å². The van der Waals surface area contributed by atoms with Crippen molar-refractivity contribution in [1.29, 1.82) is 0 Å². The summed E-state index contributed by atoms with van der Waals surface area (Å²) in [4.78, 5) is 13.9. The molecular formula is C12H22N2O2. The van der Waals surface area contributed by atoms with E-state index in [0.29, 0.717) is 12.5 Å². The molecule has 4 unspecified atom stereocenters. The molecule has 1 saturated carbocycles. The predicted molar refractivity (Wildman–Crippen MR) is 61.9 cm³/mol. The SMILES string of the molecule is CC1CC1CN(C)C(=O)C1CCC(CN)O1. The molecule has 1 aliphatic heterocycles. The largest absolute Gasteiger partial charge is 0.364 e. The van der Waals surface area contributed by atoms with E-state index in [2.05, 4.69) is 6.92 Å².